The van der Waals surface area contributed by atoms with Gasteiger partial charge in [-0.1, -0.05) is 6.07 Å². The third-order valence-electron chi connectivity index (χ3n) is 12.0. The van der Waals surface area contributed by atoms with Gasteiger partial charge in [-0.15, -0.1) is 11.8 Å². The number of piperazine rings is 1. The van der Waals surface area contributed by atoms with Crippen molar-refractivity contribution >= 4 is 17.7 Å². The Hall–Kier alpha value is -4.08. The van der Waals surface area contributed by atoms with E-state index in [9.17, 15) is 25.2 Å². The van der Waals surface area contributed by atoms with Gasteiger partial charge in [-0.25, -0.2) is 4.79 Å². The molecule has 0 amide bonds. The van der Waals surface area contributed by atoms with E-state index in [-0.39, 0.29) is 48.2 Å². The number of rotatable bonds is 2. The number of hydrogen-bond acceptors (Lipinski definition) is 14. The Kier molecular flexibility index (Phi) is 7.37. The van der Waals surface area contributed by atoms with Crippen LogP contribution in [-0.4, -0.2) is 101 Å². The lowest BCUT2D eigenvalue weighted by atomic mass is 9.73. The van der Waals surface area contributed by atoms with Crippen molar-refractivity contribution in [3.8, 4) is 40.2 Å². The Balaban J connectivity index is 1.29. The molecule has 10 rings (SSSR count). The van der Waals surface area contributed by atoms with E-state index in [2.05, 4.69) is 10.2 Å². The second kappa shape index (κ2) is 11.5. The fourth-order valence-corrected chi connectivity index (χ4v) is 11.4. The van der Waals surface area contributed by atoms with Crippen LogP contribution in [0.15, 0.2) is 18.2 Å². The number of nitrogens with zero attached hydrogens (tertiary/aromatic N) is 2. The number of esters is 1. The monoisotopic (exact) mass is 719 g/mol. The molecule has 0 saturated carbocycles. The van der Waals surface area contributed by atoms with Gasteiger partial charge in [0.25, 0.3) is 0 Å². The van der Waals surface area contributed by atoms with Crippen LogP contribution in [0.5, 0.6) is 40.2 Å². The number of likely N-dealkylation sites (N-methyl/N-ethyl adjacent to an activating group) is 1. The molecule has 270 valence electrons. The predicted molar refractivity (Wildman–Crippen MR) is 185 cm³/mol. The van der Waals surface area contributed by atoms with Gasteiger partial charge in [-0.3, -0.25) is 15.1 Å². The second-order valence-electron chi connectivity index (χ2n) is 14.4. The molecule has 7 heterocycles. The Labute approximate surface area is 299 Å². The van der Waals surface area contributed by atoms with Gasteiger partial charge >= 0.3 is 5.97 Å². The molecule has 14 heteroatoms. The van der Waals surface area contributed by atoms with E-state index in [1.807, 2.05) is 24.9 Å². The van der Waals surface area contributed by atoms with Crippen molar-refractivity contribution in [3.05, 3.63) is 62.7 Å². The van der Waals surface area contributed by atoms with Crippen molar-refractivity contribution in [1.29, 1.82) is 0 Å². The highest BCUT2D eigenvalue weighted by molar-refractivity contribution is 7.99. The zero-order chi connectivity index (χ0) is 35.7. The number of fused-ring (bicyclic) bond motifs is 9. The van der Waals surface area contributed by atoms with Gasteiger partial charge in [0, 0.05) is 40.6 Å². The molecule has 13 nitrogen and oxygen atoms in total. The minimum atomic E-state index is -1.32. The lowest BCUT2D eigenvalue weighted by Crippen LogP contribution is -2.70. The van der Waals surface area contributed by atoms with Crippen LogP contribution in [0.2, 0.25) is 0 Å². The lowest BCUT2D eigenvalue weighted by Gasteiger charge is -2.62. The topological polar surface area (TPSA) is 163 Å². The molecular weight excluding hydrogens is 678 g/mol. The molecule has 3 aromatic rings. The Morgan fingerprint density at radius 1 is 0.980 bits per heavy atom. The number of hydrogen-bond donors (Lipinski definition) is 5. The summed E-state index contributed by atoms with van der Waals surface area (Å²) in [6.07, 6.45) is 0.0426. The lowest BCUT2D eigenvalue weighted by molar-refractivity contribution is -0.186. The Morgan fingerprint density at radius 2 is 1.76 bits per heavy atom. The normalized spacial score (nSPS) is 30.6. The standard InChI is InChI=1S/C37H41N3O10S/c1-15-8-18-9-20-35(44)40-21-12-48-36(45)37(19-11-23(46-4)22(41)10-17(19)6-7-38-37)13-51-34(26-25(21)33-32(49-14-50-33)16(2)29(26)42)28(40)27(39(20)3)24(18)30(43)31(15)47-5/h8,10-11,20-21,27-28,34-35,38,41-44H,6-7,9,12-14H2,1-5H3/t20?,21-,27+,28+,34+,35-,37+/m0/s1. The van der Waals surface area contributed by atoms with Crippen LogP contribution in [0.25, 0.3) is 0 Å². The van der Waals surface area contributed by atoms with Crippen LogP contribution in [-0.2, 0) is 27.9 Å². The number of carbonyl (C=O) groups is 1. The van der Waals surface area contributed by atoms with E-state index >= 15 is 0 Å². The number of aromatic hydroxyl groups is 3. The van der Waals surface area contributed by atoms with E-state index in [4.69, 9.17) is 23.7 Å². The Morgan fingerprint density at radius 3 is 2.53 bits per heavy atom. The summed E-state index contributed by atoms with van der Waals surface area (Å²) in [6.45, 7) is 3.96. The zero-order valence-electron chi connectivity index (χ0n) is 29.0. The number of carbonyl (C=O) groups excluding carboxylic acids is 1. The molecule has 5 N–H and O–H groups in total. The third kappa shape index (κ3) is 4.28. The smallest absolute Gasteiger partial charge is 0.331 e. The van der Waals surface area contributed by atoms with Crippen molar-refractivity contribution in [1.82, 2.24) is 15.1 Å². The van der Waals surface area contributed by atoms with Crippen molar-refractivity contribution in [2.24, 2.45) is 0 Å². The molecule has 1 spiro atoms. The van der Waals surface area contributed by atoms with Crippen LogP contribution in [0.1, 0.15) is 61.8 Å². The van der Waals surface area contributed by atoms with Crippen LogP contribution in [0, 0.1) is 13.8 Å². The maximum atomic E-state index is 14.6. The largest absolute Gasteiger partial charge is 0.507 e. The SMILES string of the molecule is COc1cc2c(cc1O)CCN[C@]21CS[C@@H]2c3c(O)c(C)c4c(c3[C@H](COC1=O)N1[C@@H]2[C@H]2c3c(cc(C)c(OC)c3O)CC([C@@H]1O)N2C)OCO4. The summed E-state index contributed by atoms with van der Waals surface area (Å²) in [7, 11) is 4.97. The summed E-state index contributed by atoms with van der Waals surface area (Å²) in [6, 6.07) is 3.30. The van der Waals surface area contributed by atoms with Crippen LogP contribution in [0.3, 0.4) is 0 Å². The number of aliphatic hydroxyl groups is 1. The Bertz CT molecular complexity index is 2010. The molecule has 4 bridgehead atoms. The summed E-state index contributed by atoms with van der Waals surface area (Å²) in [4.78, 5) is 18.7. The average molecular weight is 720 g/mol. The fraction of sp³-hybridized carbons (Fsp3) is 0.486. The highest BCUT2D eigenvalue weighted by atomic mass is 32.2. The number of aryl methyl sites for hydroxylation is 1. The van der Waals surface area contributed by atoms with E-state index in [0.29, 0.717) is 64.5 Å². The first-order valence-corrected chi connectivity index (χ1v) is 18.2. The molecule has 1 unspecified atom stereocenters. The molecule has 2 fully saturated rings. The number of ether oxygens (including phenoxy) is 5. The number of methoxy groups -OCH3 is 2. The van der Waals surface area contributed by atoms with Crippen LogP contribution >= 0.6 is 11.8 Å². The van der Waals surface area contributed by atoms with Gasteiger partial charge in [0.2, 0.25) is 6.79 Å². The van der Waals surface area contributed by atoms with Gasteiger partial charge in [0.05, 0.1) is 37.6 Å². The first-order chi connectivity index (χ1) is 24.5. The van der Waals surface area contributed by atoms with Gasteiger partial charge in [-0.2, -0.15) is 0 Å². The number of phenolic OH excluding ortho intramolecular Hbond substituents is 3. The first kappa shape index (κ1) is 32.8. The second-order valence-corrected chi connectivity index (χ2v) is 15.5. The summed E-state index contributed by atoms with van der Waals surface area (Å²) in [5, 5.41) is 50.1. The zero-order valence-corrected chi connectivity index (χ0v) is 29.8. The molecule has 7 aliphatic heterocycles. The number of aliphatic hydroxyl groups excluding tert-OH is 1. The van der Waals surface area contributed by atoms with E-state index in [0.717, 1.165) is 16.7 Å². The maximum absolute atomic E-state index is 14.6. The summed E-state index contributed by atoms with van der Waals surface area (Å²) in [5.41, 5.74) is 4.38. The average Bonchev–Trinajstić information content (AvgIpc) is 3.60. The van der Waals surface area contributed by atoms with E-state index in [1.165, 1.54) is 18.9 Å². The first-order valence-electron chi connectivity index (χ1n) is 17.2. The minimum absolute atomic E-state index is 0.00972. The molecule has 0 radical (unpaired) electrons. The van der Waals surface area contributed by atoms with E-state index in [1.54, 1.807) is 26.2 Å². The van der Waals surface area contributed by atoms with Gasteiger partial charge in [-0.05, 0) is 68.1 Å². The van der Waals surface area contributed by atoms with Crippen molar-refractivity contribution in [2.75, 3.05) is 47.0 Å². The highest BCUT2D eigenvalue weighted by Gasteiger charge is 2.61. The molecule has 51 heavy (non-hydrogen) atoms. The van der Waals surface area contributed by atoms with E-state index < -0.39 is 41.1 Å². The van der Waals surface area contributed by atoms with Crippen molar-refractivity contribution in [3.63, 3.8) is 0 Å². The molecule has 0 aliphatic carbocycles. The van der Waals surface area contributed by atoms with Crippen LogP contribution in [0.4, 0.5) is 0 Å². The van der Waals surface area contributed by atoms with Gasteiger partial charge in [0.15, 0.2) is 40.0 Å². The number of nitrogens with one attached hydrogen (secondary N) is 1. The molecule has 7 atom stereocenters. The minimum Gasteiger partial charge on any atom is -0.507 e. The molecular formula is C37H41N3O10S. The number of phenols is 3. The summed E-state index contributed by atoms with van der Waals surface area (Å²) in [5.74, 6) is 1.32. The van der Waals surface area contributed by atoms with Crippen molar-refractivity contribution in [2.45, 2.75) is 67.9 Å². The molecule has 3 aromatic carbocycles. The molecule has 0 aromatic heterocycles. The van der Waals surface area contributed by atoms with Gasteiger partial charge < -0.3 is 44.1 Å². The number of benzene rings is 3. The molecule has 7 aliphatic rings. The quantitative estimate of drug-likeness (QED) is 0.246. The highest BCUT2D eigenvalue weighted by Crippen LogP contribution is 2.64. The van der Waals surface area contributed by atoms with Gasteiger partial charge in [0.1, 0.15) is 18.6 Å². The van der Waals surface area contributed by atoms with Crippen LogP contribution < -0.4 is 24.3 Å². The fourth-order valence-electron chi connectivity index (χ4n) is 9.74. The van der Waals surface area contributed by atoms with Crippen molar-refractivity contribution < 1.29 is 48.9 Å². The summed E-state index contributed by atoms with van der Waals surface area (Å²) < 4.78 is 29.5. The maximum Gasteiger partial charge on any atom is 0.331 e. The number of thioether (sulfide) groups is 1. The summed E-state index contributed by atoms with van der Waals surface area (Å²) >= 11 is 1.47. The third-order valence-corrected chi connectivity index (χ3v) is 13.5. The predicted octanol–water partition coefficient (Wildman–Crippen LogP) is 3.19. The molecule has 2 saturated heterocycles.